The van der Waals surface area contributed by atoms with Crippen LogP contribution in [-0.2, 0) is 0 Å². The summed E-state index contributed by atoms with van der Waals surface area (Å²) in [6.07, 6.45) is 4.65. The minimum absolute atomic E-state index is 0.0359. The number of hydrogen-bond acceptors (Lipinski definition) is 2. The second-order valence-corrected chi connectivity index (χ2v) is 6.05. The number of piperidine rings is 2. The van der Waals surface area contributed by atoms with Gasteiger partial charge in [-0.3, -0.25) is 4.79 Å². The van der Waals surface area contributed by atoms with Crippen LogP contribution in [0.4, 0.5) is 4.39 Å². The normalized spacial score (nSPS) is 21.9. The van der Waals surface area contributed by atoms with Crippen molar-refractivity contribution in [2.24, 2.45) is 5.41 Å². The molecule has 2 saturated heterocycles. The van der Waals surface area contributed by atoms with Crippen molar-refractivity contribution in [1.29, 1.82) is 0 Å². The Morgan fingerprint density at radius 2 is 1.65 bits per heavy atom. The second-order valence-electron chi connectivity index (χ2n) is 6.05. The topological polar surface area (TPSA) is 32.3 Å². The lowest BCUT2D eigenvalue weighted by Crippen LogP contribution is -2.47. The first-order valence-electron chi connectivity index (χ1n) is 7.44. The third kappa shape index (κ3) is 2.70. The number of hydrogen-bond donors (Lipinski definition) is 1. The first-order chi connectivity index (χ1) is 9.69. The van der Waals surface area contributed by atoms with Gasteiger partial charge < -0.3 is 10.2 Å². The number of carbonyl (C=O) groups excluding carboxylic acids is 1. The Balaban J connectivity index is 1.62. The van der Waals surface area contributed by atoms with Gasteiger partial charge in [0.05, 0.1) is 0 Å². The van der Waals surface area contributed by atoms with Gasteiger partial charge >= 0.3 is 0 Å². The van der Waals surface area contributed by atoms with Crippen molar-refractivity contribution >= 4 is 5.91 Å². The molecular formula is C16H21FN2O. The Morgan fingerprint density at radius 3 is 2.25 bits per heavy atom. The number of halogens is 1. The average molecular weight is 276 g/mol. The maximum Gasteiger partial charge on any atom is 0.253 e. The fraction of sp³-hybridized carbons (Fsp3) is 0.562. The van der Waals surface area contributed by atoms with E-state index in [1.54, 1.807) is 12.1 Å². The maximum absolute atomic E-state index is 12.9. The van der Waals surface area contributed by atoms with Crippen LogP contribution in [0.2, 0.25) is 0 Å². The molecule has 0 aliphatic carbocycles. The lowest BCUT2D eigenvalue weighted by atomic mass is 9.71. The molecule has 2 aliphatic rings. The molecule has 108 valence electrons. The van der Waals surface area contributed by atoms with Crippen molar-refractivity contribution in [1.82, 2.24) is 10.2 Å². The van der Waals surface area contributed by atoms with Crippen molar-refractivity contribution in [2.45, 2.75) is 25.7 Å². The lowest BCUT2D eigenvalue weighted by Gasteiger charge is -2.44. The molecule has 2 heterocycles. The molecule has 0 radical (unpaired) electrons. The Kier molecular flexibility index (Phi) is 3.74. The highest BCUT2D eigenvalue weighted by molar-refractivity contribution is 5.94. The summed E-state index contributed by atoms with van der Waals surface area (Å²) in [7, 11) is 0. The highest BCUT2D eigenvalue weighted by Gasteiger charge is 2.36. The Hall–Kier alpha value is -1.42. The molecule has 2 fully saturated rings. The second kappa shape index (κ2) is 5.52. The summed E-state index contributed by atoms with van der Waals surface area (Å²) in [4.78, 5) is 14.3. The van der Waals surface area contributed by atoms with Gasteiger partial charge in [0.2, 0.25) is 0 Å². The van der Waals surface area contributed by atoms with Gasteiger partial charge in [-0.05, 0) is 68.5 Å². The summed E-state index contributed by atoms with van der Waals surface area (Å²) >= 11 is 0. The van der Waals surface area contributed by atoms with Gasteiger partial charge in [0.1, 0.15) is 5.82 Å². The summed E-state index contributed by atoms with van der Waals surface area (Å²) in [6, 6.07) is 5.86. The highest BCUT2D eigenvalue weighted by Crippen LogP contribution is 2.39. The van der Waals surface area contributed by atoms with Gasteiger partial charge in [-0.25, -0.2) is 4.39 Å². The monoisotopic (exact) mass is 276 g/mol. The van der Waals surface area contributed by atoms with E-state index in [4.69, 9.17) is 0 Å². The third-order valence-corrected chi connectivity index (χ3v) is 4.87. The predicted octanol–water partition coefficient (Wildman–Crippen LogP) is 2.43. The molecule has 1 N–H and O–H groups in total. The number of likely N-dealkylation sites (tertiary alicyclic amines) is 1. The molecule has 1 amide bonds. The SMILES string of the molecule is O=C(c1ccc(F)cc1)N1CCC2(CCNCC2)CC1. The van der Waals surface area contributed by atoms with Crippen LogP contribution in [0.5, 0.6) is 0 Å². The molecular weight excluding hydrogens is 255 g/mol. The maximum atomic E-state index is 12.9. The van der Waals surface area contributed by atoms with Gasteiger partial charge in [-0.2, -0.15) is 0 Å². The largest absolute Gasteiger partial charge is 0.339 e. The van der Waals surface area contributed by atoms with E-state index in [1.807, 2.05) is 4.90 Å². The van der Waals surface area contributed by atoms with Crippen molar-refractivity contribution in [3.8, 4) is 0 Å². The zero-order valence-electron chi connectivity index (χ0n) is 11.7. The van der Waals surface area contributed by atoms with Crippen LogP contribution < -0.4 is 5.32 Å². The van der Waals surface area contributed by atoms with Gasteiger partial charge in [-0.1, -0.05) is 0 Å². The molecule has 0 atom stereocenters. The van der Waals surface area contributed by atoms with Crippen molar-refractivity contribution in [2.75, 3.05) is 26.2 Å². The quantitative estimate of drug-likeness (QED) is 0.854. The van der Waals surface area contributed by atoms with E-state index >= 15 is 0 Å². The minimum Gasteiger partial charge on any atom is -0.339 e. The fourth-order valence-electron chi connectivity index (χ4n) is 3.42. The van der Waals surface area contributed by atoms with Gasteiger partial charge in [-0.15, -0.1) is 0 Å². The van der Waals surface area contributed by atoms with E-state index < -0.39 is 0 Å². The zero-order chi connectivity index (χ0) is 14.0. The van der Waals surface area contributed by atoms with E-state index in [9.17, 15) is 9.18 Å². The van der Waals surface area contributed by atoms with Crippen LogP contribution >= 0.6 is 0 Å². The molecule has 1 spiro atoms. The summed E-state index contributed by atoms with van der Waals surface area (Å²) in [5.41, 5.74) is 1.04. The van der Waals surface area contributed by atoms with E-state index in [-0.39, 0.29) is 11.7 Å². The van der Waals surface area contributed by atoms with Crippen molar-refractivity contribution < 1.29 is 9.18 Å². The molecule has 2 aliphatic heterocycles. The van der Waals surface area contributed by atoms with Crippen LogP contribution in [0.15, 0.2) is 24.3 Å². The van der Waals surface area contributed by atoms with Gasteiger partial charge in [0.15, 0.2) is 0 Å². The zero-order valence-corrected chi connectivity index (χ0v) is 11.7. The number of nitrogens with zero attached hydrogens (tertiary/aromatic N) is 1. The summed E-state index contributed by atoms with van der Waals surface area (Å²) in [5, 5.41) is 3.41. The average Bonchev–Trinajstić information content (AvgIpc) is 2.49. The predicted molar refractivity (Wildman–Crippen MR) is 76.1 cm³/mol. The number of amides is 1. The molecule has 1 aromatic carbocycles. The Bertz CT molecular complexity index is 470. The summed E-state index contributed by atoms with van der Waals surface area (Å²) < 4.78 is 12.9. The number of rotatable bonds is 1. The van der Waals surface area contributed by atoms with Crippen LogP contribution in [0.3, 0.4) is 0 Å². The first-order valence-corrected chi connectivity index (χ1v) is 7.44. The van der Waals surface area contributed by atoms with Crippen LogP contribution in [0.1, 0.15) is 36.0 Å². The molecule has 0 saturated carbocycles. The molecule has 0 unspecified atom stereocenters. The van der Waals surface area contributed by atoms with Crippen molar-refractivity contribution in [3.05, 3.63) is 35.6 Å². The summed E-state index contributed by atoms with van der Waals surface area (Å²) in [5.74, 6) is -0.261. The number of nitrogens with one attached hydrogen (secondary N) is 1. The third-order valence-electron chi connectivity index (χ3n) is 4.87. The van der Waals surface area contributed by atoms with Crippen LogP contribution in [-0.4, -0.2) is 37.0 Å². The van der Waals surface area contributed by atoms with Crippen LogP contribution in [0, 0.1) is 11.2 Å². The Morgan fingerprint density at radius 1 is 1.05 bits per heavy atom. The van der Waals surface area contributed by atoms with E-state index in [0.717, 1.165) is 39.0 Å². The number of benzene rings is 1. The molecule has 3 nitrogen and oxygen atoms in total. The minimum atomic E-state index is -0.297. The van der Waals surface area contributed by atoms with Crippen LogP contribution in [0.25, 0.3) is 0 Å². The lowest BCUT2D eigenvalue weighted by molar-refractivity contribution is 0.0495. The van der Waals surface area contributed by atoms with E-state index in [1.165, 1.54) is 25.0 Å². The molecule has 3 rings (SSSR count). The summed E-state index contributed by atoms with van der Waals surface area (Å²) in [6.45, 7) is 3.87. The molecule has 0 bridgehead atoms. The van der Waals surface area contributed by atoms with Gasteiger partial charge in [0, 0.05) is 18.7 Å². The molecule has 20 heavy (non-hydrogen) atoms. The van der Waals surface area contributed by atoms with Crippen molar-refractivity contribution in [3.63, 3.8) is 0 Å². The molecule has 4 heteroatoms. The van der Waals surface area contributed by atoms with Gasteiger partial charge in [0.25, 0.3) is 5.91 Å². The standard InChI is InChI=1S/C16H21FN2O/c17-14-3-1-13(2-4-14)15(20)19-11-7-16(8-12-19)5-9-18-10-6-16/h1-4,18H,5-12H2. The number of carbonyl (C=O) groups is 1. The highest BCUT2D eigenvalue weighted by atomic mass is 19.1. The Labute approximate surface area is 119 Å². The van der Waals surface area contributed by atoms with E-state index in [0.29, 0.717) is 11.0 Å². The smallest absolute Gasteiger partial charge is 0.253 e. The molecule has 0 aromatic heterocycles. The molecule has 1 aromatic rings. The first kappa shape index (κ1) is 13.6. The van der Waals surface area contributed by atoms with E-state index in [2.05, 4.69) is 5.32 Å². The fourth-order valence-corrected chi connectivity index (χ4v) is 3.42.